The minimum Gasteiger partial charge on any atom is -0.492 e. The zero-order valence-electron chi connectivity index (χ0n) is 20.1. The second-order valence-corrected chi connectivity index (χ2v) is 9.49. The van der Waals surface area contributed by atoms with Gasteiger partial charge in [0.2, 0.25) is 0 Å². The standard InChI is InChI=1S/C26H36N2O6/c1-17-4-7-19(24-23(31)14-21(30)15-34-24)13-20(17)12-18-5-8-22(9-6-18)33-11-10-27-25(32)28-26(2,3)16-29/h4-9,13,21,23-24,29-31H,10-12,14-16H2,1-3H3,(H2,27,28,32)/t21?,23?,24-/m0/s1. The highest BCUT2D eigenvalue weighted by atomic mass is 16.5. The number of aryl methyl sites for hydroxylation is 1. The smallest absolute Gasteiger partial charge is 0.315 e. The first-order valence-corrected chi connectivity index (χ1v) is 11.6. The molecule has 1 heterocycles. The van der Waals surface area contributed by atoms with Gasteiger partial charge in [0.1, 0.15) is 18.5 Å². The molecule has 1 fully saturated rings. The third kappa shape index (κ3) is 7.43. The lowest BCUT2D eigenvalue weighted by Crippen LogP contribution is -2.51. The van der Waals surface area contributed by atoms with Crippen LogP contribution in [0.3, 0.4) is 0 Å². The van der Waals surface area contributed by atoms with Gasteiger partial charge in [-0.2, -0.15) is 0 Å². The van der Waals surface area contributed by atoms with Crippen molar-refractivity contribution in [3.8, 4) is 5.75 Å². The van der Waals surface area contributed by atoms with E-state index in [9.17, 15) is 20.1 Å². The van der Waals surface area contributed by atoms with Crippen LogP contribution in [0.5, 0.6) is 5.75 Å². The van der Waals surface area contributed by atoms with Gasteiger partial charge in [0.15, 0.2) is 0 Å². The lowest BCUT2D eigenvalue weighted by Gasteiger charge is -2.31. The minimum absolute atomic E-state index is 0.145. The lowest BCUT2D eigenvalue weighted by molar-refractivity contribution is -0.125. The molecule has 1 saturated heterocycles. The van der Waals surface area contributed by atoms with Crippen molar-refractivity contribution in [2.24, 2.45) is 0 Å². The van der Waals surface area contributed by atoms with E-state index >= 15 is 0 Å². The molecule has 0 spiro atoms. The van der Waals surface area contributed by atoms with Crippen LogP contribution in [0.4, 0.5) is 4.79 Å². The van der Waals surface area contributed by atoms with Crippen LogP contribution in [0, 0.1) is 6.92 Å². The van der Waals surface area contributed by atoms with Crippen LogP contribution in [0.15, 0.2) is 42.5 Å². The minimum atomic E-state index is -0.725. The zero-order valence-corrected chi connectivity index (χ0v) is 20.1. The molecule has 1 aliphatic heterocycles. The highest BCUT2D eigenvalue weighted by Crippen LogP contribution is 2.30. The summed E-state index contributed by atoms with van der Waals surface area (Å²) >= 11 is 0. The van der Waals surface area contributed by atoms with Gasteiger partial charge in [0, 0.05) is 6.42 Å². The average molecular weight is 473 g/mol. The Labute approximate surface area is 200 Å². The third-order valence-electron chi connectivity index (χ3n) is 5.85. The quantitative estimate of drug-likeness (QED) is 0.357. The number of aliphatic hydroxyl groups excluding tert-OH is 3. The van der Waals surface area contributed by atoms with Gasteiger partial charge in [-0.3, -0.25) is 0 Å². The van der Waals surface area contributed by atoms with Crippen LogP contribution >= 0.6 is 0 Å². The Morgan fingerprint density at radius 3 is 2.59 bits per heavy atom. The second kappa shape index (κ2) is 11.7. The zero-order chi connectivity index (χ0) is 24.7. The van der Waals surface area contributed by atoms with Crippen molar-refractivity contribution in [3.05, 3.63) is 64.7 Å². The van der Waals surface area contributed by atoms with E-state index in [0.717, 1.165) is 28.7 Å². The number of benzene rings is 2. The molecule has 2 aromatic rings. The van der Waals surface area contributed by atoms with Crippen LogP contribution in [0.25, 0.3) is 0 Å². The van der Waals surface area contributed by atoms with Gasteiger partial charge in [-0.1, -0.05) is 30.3 Å². The van der Waals surface area contributed by atoms with Gasteiger partial charge in [-0.05, 0) is 61.6 Å². The number of urea groups is 1. The largest absolute Gasteiger partial charge is 0.492 e. The summed E-state index contributed by atoms with van der Waals surface area (Å²) in [6.45, 7) is 6.28. The van der Waals surface area contributed by atoms with Gasteiger partial charge in [0.05, 0.1) is 37.5 Å². The van der Waals surface area contributed by atoms with Crippen LogP contribution in [0.1, 0.15) is 48.6 Å². The summed E-state index contributed by atoms with van der Waals surface area (Å²) < 4.78 is 11.4. The number of carbonyl (C=O) groups is 1. The summed E-state index contributed by atoms with van der Waals surface area (Å²) in [7, 11) is 0. The Morgan fingerprint density at radius 1 is 1.18 bits per heavy atom. The van der Waals surface area contributed by atoms with Crippen LogP contribution in [-0.2, 0) is 11.2 Å². The predicted molar refractivity (Wildman–Crippen MR) is 129 cm³/mol. The van der Waals surface area contributed by atoms with Crippen LogP contribution in [-0.4, -0.2) is 65.5 Å². The molecule has 2 aromatic carbocycles. The molecule has 2 unspecified atom stereocenters. The van der Waals surface area contributed by atoms with Crippen LogP contribution < -0.4 is 15.4 Å². The van der Waals surface area contributed by atoms with Gasteiger partial charge < -0.3 is 35.4 Å². The Bertz CT molecular complexity index is 947. The van der Waals surface area contributed by atoms with E-state index in [2.05, 4.69) is 23.6 Å². The fraction of sp³-hybridized carbons (Fsp3) is 0.500. The van der Waals surface area contributed by atoms with E-state index in [-0.39, 0.29) is 19.2 Å². The van der Waals surface area contributed by atoms with Crippen molar-refractivity contribution in [2.75, 3.05) is 26.4 Å². The molecule has 1 aliphatic rings. The van der Waals surface area contributed by atoms with Gasteiger partial charge >= 0.3 is 6.03 Å². The fourth-order valence-electron chi connectivity index (χ4n) is 3.82. The van der Waals surface area contributed by atoms with Crippen molar-refractivity contribution >= 4 is 6.03 Å². The van der Waals surface area contributed by atoms with Gasteiger partial charge in [0.25, 0.3) is 0 Å². The second-order valence-electron chi connectivity index (χ2n) is 9.49. The molecule has 0 aromatic heterocycles. The Morgan fingerprint density at radius 2 is 1.91 bits per heavy atom. The summed E-state index contributed by atoms with van der Waals surface area (Å²) in [6, 6.07) is 13.5. The molecule has 0 saturated carbocycles. The molecule has 8 heteroatoms. The number of nitrogens with one attached hydrogen (secondary N) is 2. The van der Waals surface area contributed by atoms with E-state index in [1.54, 1.807) is 13.8 Å². The molecule has 34 heavy (non-hydrogen) atoms. The molecule has 0 bridgehead atoms. The molecular formula is C26H36N2O6. The summed E-state index contributed by atoms with van der Waals surface area (Å²) in [5, 5.41) is 34.6. The number of carbonyl (C=O) groups excluding carboxylic acids is 1. The highest BCUT2D eigenvalue weighted by molar-refractivity contribution is 5.74. The Balaban J connectivity index is 1.51. The number of aliphatic hydroxyl groups is 3. The maximum Gasteiger partial charge on any atom is 0.315 e. The average Bonchev–Trinajstić information content (AvgIpc) is 2.79. The van der Waals surface area contributed by atoms with Crippen molar-refractivity contribution in [2.45, 2.75) is 57.5 Å². The molecular weight excluding hydrogens is 436 g/mol. The first-order valence-electron chi connectivity index (χ1n) is 11.6. The molecule has 5 N–H and O–H groups in total. The normalized spacial score (nSPS) is 20.6. The molecule has 186 valence electrons. The predicted octanol–water partition coefficient (Wildman–Crippen LogP) is 2.22. The fourth-order valence-corrected chi connectivity index (χ4v) is 3.82. The number of amides is 2. The van der Waals surface area contributed by atoms with Gasteiger partial charge in [-0.15, -0.1) is 0 Å². The summed E-state index contributed by atoms with van der Waals surface area (Å²) in [5.74, 6) is 0.712. The Kier molecular flexibility index (Phi) is 8.90. The van der Waals surface area contributed by atoms with Crippen LogP contribution in [0.2, 0.25) is 0 Å². The monoisotopic (exact) mass is 472 g/mol. The van der Waals surface area contributed by atoms with Crippen molar-refractivity contribution in [1.29, 1.82) is 0 Å². The maximum absolute atomic E-state index is 11.8. The molecule has 2 amide bonds. The summed E-state index contributed by atoms with van der Waals surface area (Å²) in [4.78, 5) is 11.8. The highest BCUT2D eigenvalue weighted by Gasteiger charge is 2.30. The van der Waals surface area contributed by atoms with Crippen molar-refractivity contribution < 1.29 is 29.6 Å². The van der Waals surface area contributed by atoms with E-state index in [0.29, 0.717) is 25.3 Å². The summed E-state index contributed by atoms with van der Waals surface area (Å²) in [6.07, 6.45) is -0.728. The molecule has 0 radical (unpaired) electrons. The first kappa shape index (κ1) is 26.0. The molecule has 3 atom stereocenters. The topological polar surface area (TPSA) is 120 Å². The van der Waals surface area contributed by atoms with E-state index in [4.69, 9.17) is 9.47 Å². The van der Waals surface area contributed by atoms with Gasteiger partial charge in [-0.25, -0.2) is 4.79 Å². The first-order chi connectivity index (χ1) is 16.2. The van der Waals surface area contributed by atoms with Crippen molar-refractivity contribution in [3.63, 3.8) is 0 Å². The molecule has 0 aliphatic carbocycles. The number of rotatable bonds is 9. The number of hydrogen-bond acceptors (Lipinski definition) is 6. The SMILES string of the molecule is Cc1ccc([C@@H]2OCC(O)CC2O)cc1Cc1ccc(OCCNC(=O)NC(C)(C)CO)cc1. The van der Waals surface area contributed by atoms with E-state index in [1.807, 2.05) is 36.4 Å². The molecule has 8 nitrogen and oxygen atoms in total. The number of hydrogen-bond donors (Lipinski definition) is 5. The Hall–Kier alpha value is -2.65. The molecule has 3 rings (SSSR count). The van der Waals surface area contributed by atoms with E-state index < -0.39 is 23.9 Å². The summed E-state index contributed by atoms with van der Waals surface area (Å²) in [5.41, 5.74) is 3.66. The third-order valence-corrected chi connectivity index (χ3v) is 5.85. The maximum atomic E-state index is 11.8. The number of ether oxygens (including phenoxy) is 2. The van der Waals surface area contributed by atoms with E-state index in [1.165, 1.54) is 0 Å². The lowest BCUT2D eigenvalue weighted by atomic mass is 9.92. The van der Waals surface area contributed by atoms with Crippen molar-refractivity contribution in [1.82, 2.24) is 10.6 Å².